The summed E-state index contributed by atoms with van der Waals surface area (Å²) in [7, 11) is 0. The molecular weight excluding hydrogens is 638 g/mol. The Labute approximate surface area is 263 Å². The van der Waals surface area contributed by atoms with E-state index in [1.165, 1.54) is 0 Å². The Morgan fingerprint density at radius 1 is 1.07 bits per heavy atom. The molecule has 1 fully saturated rings. The predicted molar refractivity (Wildman–Crippen MR) is 165 cm³/mol. The van der Waals surface area contributed by atoms with Gasteiger partial charge in [-0.25, -0.2) is 23.5 Å². The number of nitrogens with zero attached hydrogens (tertiary/aromatic N) is 3. The van der Waals surface area contributed by atoms with Crippen LogP contribution in [0, 0.1) is 11.8 Å². The molecular formula is C31H37BrF2N6O4. The maximum atomic E-state index is 13.9. The first-order chi connectivity index (χ1) is 20.8. The summed E-state index contributed by atoms with van der Waals surface area (Å²) < 4.78 is 32.1. The molecule has 0 bridgehead atoms. The van der Waals surface area contributed by atoms with Crippen molar-refractivity contribution in [3.8, 4) is 11.4 Å². The number of carbonyl (C=O) groups excluding carboxylic acids is 3. The second-order valence-electron chi connectivity index (χ2n) is 11.9. The van der Waals surface area contributed by atoms with Gasteiger partial charge in [0, 0.05) is 22.5 Å². The number of aromatic nitrogens is 3. The number of nitrogens with one attached hydrogen (secondary N) is 2. The van der Waals surface area contributed by atoms with Crippen LogP contribution in [-0.4, -0.2) is 51.3 Å². The van der Waals surface area contributed by atoms with Gasteiger partial charge in [0.15, 0.2) is 5.82 Å². The van der Waals surface area contributed by atoms with Crippen LogP contribution in [-0.2, 0) is 20.7 Å². The lowest BCUT2D eigenvalue weighted by Gasteiger charge is -2.32. The van der Waals surface area contributed by atoms with Crippen molar-refractivity contribution in [3.05, 3.63) is 64.4 Å². The fourth-order valence-corrected chi connectivity index (χ4v) is 5.36. The number of hydrogen-bond acceptors (Lipinski definition) is 7. The molecule has 1 aliphatic rings. The molecule has 2 aromatic carbocycles. The fourth-order valence-electron chi connectivity index (χ4n) is 5.10. The van der Waals surface area contributed by atoms with Gasteiger partial charge in [-0.1, -0.05) is 28.1 Å². The van der Waals surface area contributed by atoms with Gasteiger partial charge in [-0.05, 0) is 101 Å². The minimum absolute atomic E-state index is 0.140. The van der Waals surface area contributed by atoms with Gasteiger partial charge in [0.05, 0.1) is 11.7 Å². The number of aromatic amines is 1. The summed E-state index contributed by atoms with van der Waals surface area (Å²) in [5.41, 5.74) is 7.41. The maximum absolute atomic E-state index is 13.9. The molecule has 10 nitrogen and oxygen atoms in total. The van der Waals surface area contributed by atoms with Crippen LogP contribution in [0.5, 0.6) is 0 Å². The molecule has 13 heteroatoms. The standard InChI is InChI=1S/C31H37BrF2N6O4/c1-31(2,3)44-30(43)36-17-19-4-8-21(9-5-19)28(41)40(29(42)24(35)16-18-6-12-22(32)13-7-18)23-14-10-20(11-15-23)26-37-27(25(33)34)39-38-26/h6-7,10-15,19,21,24-25H,4-5,8-9,16-17,35H2,1-3H3,(H,36,43)(H,37,38,39)/t19-,21-,24-/m0/s1. The number of benzene rings is 2. The number of amides is 3. The molecule has 4 rings (SSSR count). The highest BCUT2D eigenvalue weighted by atomic mass is 79.9. The highest BCUT2D eigenvalue weighted by Crippen LogP contribution is 2.32. The van der Waals surface area contributed by atoms with E-state index in [0.29, 0.717) is 43.5 Å². The van der Waals surface area contributed by atoms with E-state index in [2.05, 4.69) is 36.4 Å². The molecule has 44 heavy (non-hydrogen) atoms. The quantitative estimate of drug-likeness (QED) is 0.255. The molecule has 4 N–H and O–H groups in total. The normalized spacial score (nSPS) is 17.6. The van der Waals surface area contributed by atoms with E-state index < -0.39 is 41.8 Å². The number of H-pyrrole nitrogens is 1. The molecule has 1 aliphatic carbocycles. The van der Waals surface area contributed by atoms with Crippen molar-refractivity contribution in [2.24, 2.45) is 17.6 Å². The van der Waals surface area contributed by atoms with Gasteiger partial charge in [-0.15, -0.1) is 0 Å². The molecule has 1 saturated carbocycles. The summed E-state index contributed by atoms with van der Waals surface area (Å²) in [6.07, 6.45) is -0.611. The SMILES string of the molecule is CC(C)(C)OC(=O)NC[C@H]1CC[C@H](C(=O)N(C(=O)[C@@H](N)Cc2ccc(Br)cc2)c2ccc(-c3nc(C(F)F)n[nH]3)cc2)CC1. The Bertz CT molecular complexity index is 1430. The monoisotopic (exact) mass is 674 g/mol. The van der Waals surface area contributed by atoms with Gasteiger partial charge in [-0.2, -0.15) is 5.10 Å². The van der Waals surface area contributed by atoms with Crippen molar-refractivity contribution < 1.29 is 27.9 Å². The number of alkyl halides is 2. The van der Waals surface area contributed by atoms with E-state index in [4.69, 9.17) is 10.5 Å². The summed E-state index contributed by atoms with van der Waals surface area (Å²) in [6.45, 7) is 5.83. The number of halogens is 3. The van der Waals surface area contributed by atoms with Gasteiger partial charge in [0.1, 0.15) is 5.60 Å². The zero-order valence-corrected chi connectivity index (χ0v) is 26.4. The second-order valence-corrected chi connectivity index (χ2v) is 12.9. The van der Waals surface area contributed by atoms with Crippen molar-refractivity contribution >= 4 is 39.5 Å². The number of alkyl carbamates (subject to hydrolysis) is 1. The Hall–Kier alpha value is -3.71. The van der Waals surface area contributed by atoms with Gasteiger partial charge < -0.3 is 15.8 Å². The van der Waals surface area contributed by atoms with Gasteiger partial charge >= 0.3 is 6.09 Å². The molecule has 0 unspecified atom stereocenters. The van der Waals surface area contributed by atoms with E-state index in [1.54, 1.807) is 45.0 Å². The number of rotatable bonds is 9. The molecule has 1 atom stereocenters. The molecule has 1 heterocycles. The first-order valence-corrected chi connectivity index (χ1v) is 15.3. The average molecular weight is 676 g/mol. The molecule has 3 aromatic rings. The van der Waals surface area contributed by atoms with Crippen LogP contribution in [0.15, 0.2) is 53.0 Å². The third-order valence-electron chi connectivity index (χ3n) is 7.35. The van der Waals surface area contributed by atoms with E-state index in [9.17, 15) is 23.2 Å². The van der Waals surface area contributed by atoms with E-state index in [1.807, 2.05) is 24.3 Å². The summed E-state index contributed by atoms with van der Waals surface area (Å²) in [5.74, 6) is -1.62. The summed E-state index contributed by atoms with van der Waals surface area (Å²) in [6, 6.07) is 12.7. The summed E-state index contributed by atoms with van der Waals surface area (Å²) >= 11 is 3.40. The highest BCUT2D eigenvalue weighted by Gasteiger charge is 2.35. The molecule has 0 aliphatic heterocycles. The number of imide groups is 1. The van der Waals surface area contributed by atoms with E-state index in [0.717, 1.165) is 14.9 Å². The summed E-state index contributed by atoms with van der Waals surface area (Å²) in [5, 5.41) is 8.81. The van der Waals surface area contributed by atoms with E-state index in [-0.39, 0.29) is 24.1 Å². The number of nitrogens with two attached hydrogens (primary N) is 1. The number of anilines is 1. The first-order valence-electron chi connectivity index (χ1n) is 14.5. The predicted octanol–water partition coefficient (Wildman–Crippen LogP) is 5.93. The Morgan fingerprint density at radius 2 is 1.70 bits per heavy atom. The lowest BCUT2D eigenvalue weighted by Crippen LogP contribution is -2.50. The lowest BCUT2D eigenvalue weighted by atomic mass is 9.81. The van der Waals surface area contributed by atoms with Crippen LogP contribution < -0.4 is 16.0 Å². The molecule has 1 aromatic heterocycles. The molecule has 236 valence electrons. The third-order valence-corrected chi connectivity index (χ3v) is 7.88. The average Bonchev–Trinajstić information content (AvgIpc) is 3.48. The fraction of sp³-hybridized carbons (Fsp3) is 0.452. The number of ether oxygens (including phenoxy) is 1. The van der Waals surface area contributed by atoms with Crippen LogP contribution in [0.25, 0.3) is 11.4 Å². The van der Waals surface area contributed by atoms with Crippen LogP contribution in [0.2, 0.25) is 0 Å². The van der Waals surface area contributed by atoms with Crippen molar-refractivity contribution in [3.63, 3.8) is 0 Å². The third kappa shape index (κ3) is 8.91. The van der Waals surface area contributed by atoms with Gasteiger partial charge in [0.2, 0.25) is 11.7 Å². The van der Waals surface area contributed by atoms with Crippen LogP contribution in [0.3, 0.4) is 0 Å². The van der Waals surface area contributed by atoms with E-state index >= 15 is 0 Å². The topological polar surface area (TPSA) is 143 Å². The van der Waals surface area contributed by atoms with Crippen molar-refractivity contribution in [1.82, 2.24) is 20.5 Å². The summed E-state index contributed by atoms with van der Waals surface area (Å²) in [4.78, 5) is 44.7. The van der Waals surface area contributed by atoms with Crippen LogP contribution >= 0.6 is 15.9 Å². The Kier molecular flexibility index (Phi) is 10.8. The molecule has 3 amide bonds. The number of hydrogen-bond donors (Lipinski definition) is 3. The highest BCUT2D eigenvalue weighted by molar-refractivity contribution is 9.10. The molecule has 0 saturated heterocycles. The zero-order valence-electron chi connectivity index (χ0n) is 24.9. The van der Waals surface area contributed by atoms with Crippen LogP contribution in [0.1, 0.15) is 64.3 Å². The number of carbonyl (C=O) groups is 3. The zero-order chi connectivity index (χ0) is 32.0. The lowest BCUT2D eigenvalue weighted by molar-refractivity contribution is -0.130. The minimum Gasteiger partial charge on any atom is -0.444 e. The van der Waals surface area contributed by atoms with Gasteiger partial charge in [-0.3, -0.25) is 14.7 Å². The smallest absolute Gasteiger partial charge is 0.407 e. The second kappa shape index (κ2) is 14.4. The molecule has 0 radical (unpaired) electrons. The van der Waals surface area contributed by atoms with Crippen molar-refractivity contribution in [2.75, 3.05) is 11.4 Å². The minimum atomic E-state index is -2.82. The van der Waals surface area contributed by atoms with Crippen molar-refractivity contribution in [2.45, 2.75) is 70.9 Å². The first kappa shape index (κ1) is 33.2. The largest absolute Gasteiger partial charge is 0.444 e. The Balaban J connectivity index is 1.49. The van der Waals surface area contributed by atoms with Gasteiger partial charge in [0.25, 0.3) is 12.3 Å². The van der Waals surface area contributed by atoms with Crippen LogP contribution in [0.4, 0.5) is 19.3 Å². The maximum Gasteiger partial charge on any atom is 0.407 e. The van der Waals surface area contributed by atoms with Crippen molar-refractivity contribution in [1.29, 1.82) is 0 Å². The molecule has 0 spiro atoms. The Morgan fingerprint density at radius 3 is 2.27 bits per heavy atom.